The number of carbonyl (C=O) groups excluding carboxylic acids is 2. The van der Waals surface area contributed by atoms with Gasteiger partial charge in [-0.3, -0.25) is 9.59 Å². The molecule has 1 fully saturated rings. The molecule has 0 bridgehead atoms. The van der Waals surface area contributed by atoms with Gasteiger partial charge in [0.25, 0.3) is 5.91 Å². The standard InChI is InChI=1S/C22H19ClN2O5/c1-13-8-22(28)30-18-11-19(17(23)10-16(13)18)29-12-20(26)24-14-4-2-5-15(9-14)25-7-3-6-21(25)27/h2,4-5,8-11H,3,6-7,12H2,1H3,(H,24,26). The minimum absolute atomic E-state index is 0.0784. The van der Waals surface area contributed by atoms with Crippen molar-refractivity contribution < 1.29 is 18.7 Å². The summed E-state index contributed by atoms with van der Waals surface area (Å²) in [5.41, 5.74) is 1.92. The van der Waals surface area contributed by atoms with E-state index in [1.165, 1.54) is 12.1 Å². The van der Waals surface area contributed by atoms with Gasteiger partial charge in [0.15, 0.2) is 6.61 Å². The highest BCUT2D eigenvalue weighted by Gasteiger charge is 2.21. The number of fused-ring (bicyclic) bond motifs is 1. The number of benzene rings is 2. The zero-order valence-corrected chi connectivity index (χ0v) is 17.0. The molecule has 30 heavy (non-hydrogen) atoms. The number of anilines is 2. The molecule has 2 aromatic carbocycles. The normalized spacial score (nSPS) is 13.7. The van der Waals surface area contributed by atoms with Gasteiger partial charge in [0.1, 0.15) is 11.3 Å². The van der Waals surface area contributed by atoms with Crippen LogP contribution in [0.1, 0.15) is 18.4 Å². The molecule has 1 aliphatic rings. The van der Waals surface area contributed by atoms with Gasteiger partial charge in [-0.1, -0.05) is 17.7 Å². The quantitative estimate of drug-likeness (QED) is 0.625. The van der Waals surface area contributed by atoms with Crippen molar-refractivity contribution in [1.82, 2.24) is 0 Å². The summed E-state index contributed by atoms with van der Waals surface area (Å²) in [5, 5.41) is 3.75. The van der Waals surface area contributed by atoms with Crippen LogP contribution in [0.3, 0.4) is 0 Å². The topological polar surface area (TPSA) is 88.8 Å². The monoisotopic (exact) mass is 426 g/mol. The summed E-state index contributed by atoms with van der Waals surface area (Å²) in [4.78, 5) is 37.5. The van der Waals surface area contributed by atoms with Gasteiger partial charge in [0.2, 0.25) is 5.91 Å². The number of nitrogens with one attached hydrogen (secondary N) is 1. The van der Waals surface area contributed by atoms with Crippen molar-refractivity contribution in [2.75, 3.05) is 23.4 Å². The molecule has 0 aliphatic carbocycles. The SMILES string of the molecule is Cc1cc(=O)oc2cc(OCC(=O)Nc3cccc(N4CCCC4=O)c3)c(Cl)cc12. The molecule has 8 heteroatoms. The summed E-state index contributed by atoms with van der Waals surface area (Å²) in [6, 6.07) is 11.6. The third-order valence-electron chi connectivity index (χ3n) is 4.88. The lowest BCUT2D eigenvalue weighted by atomic mass is 10.1. The molecule has 3 aromatic rings. The van der Waals surface area contributed by atoms with Gasteiger partial charge in [0.05, 0.1) is 5.02 Å². The molecule has 154 valence electrons. The number of halogens is 1. The molecule has 1 aromatic heterocycles. The van der Waals surface area contributed by atoms with E-state index in [4.69, 9.17) is 20.8 Å². The lowest BCUT2D eigenvalue weighted by molar-refractivity contribution is -0.118. The summed E-state index contributed by atoms with van der Waals surface area (Å²) >= 11 is 6.25. The van der Waals surface area contributed by atoms with E-state index in [9.17, 15) is 14.4 Å². The summed E-state index contributed by atoms with van der Waals surface area (Å²) in [6.45, 7) is 2.18. The van der Waals surface area contributed by atoms with Crippen LogP contribution in [0.2, 0.25) is 5.02 Å². The Morgan fingerprint density at radius 3 is 2.83 bits per heavy atom. The van der Waals surface area contributed by atoms with Gasteiger partial charge in [-0.15, -0.1) is 0 Å². The fourth-order valence-corrected chi connectivity index (χ4v) is 3.66. The van der Waals surface area contributed by atoms with Gasteiger partial charge in [-0.25, -0.2) is 4.79 Å². The van der Waals surface area contributed by atoms with Crippen LogP contribution in [0.15, 0.2) is 51.7 Å². The van der Waals surface area contributed by atoms with Crippen LogP contribution >= 0.6 is 11.6 Å². The molecule has 4 rings (SSSR count). The first kappa shape index (κ1) is 20.0. The molecule has 0 atom stereocenters. The molecule has 0 saturated carbocycles. The smallest absolute Gasteiger partial charge is 0.336 e. The molecule has 0 spiro atoms. The molecular weight excluding hydrogens is 408 g/mol. The minimum atomic E-state index is -0.470. The molecule has 7 nitrogen and oxygen atoms in total. The zero-order chi connectivity index (χ0) is 21.3. The second-order valence-electron chi connectivity index (χ2n) is 7.06. The fraction of sp³-hybridized carbons (Fsp3) is 0.227. The van der Waals surface area contributed by atoms with E-state index in [-0.39, 0.29) is 24.2 Å². The minimum Gasteiger partial charge on any atom is -0.482 e. The average Bonchev–Trinajstić information content (AvgIpc) is 3.13. The summed E-state index contributed by atoms with van der Waals surface area (Å²) in [6.07, 6.45) is 1.37. The maximum Gasteiger partial charge on any atom is 0.336 e. The van der Waals surface area contributed by atoms with Crippen LogP contribution in [0, 0.1) is 6.92 Å². The number of amides is 2. The van der Waals surface area contributed by atoms with Crippen LogP contribution in [0.4, 0.5) is 11.4 Å². The van der Waals surface area contributed by atoms with Crippen molar-refractivity contribution in [3.8, 4) is 5.75 Å². The van der Waals surface area contributed by atoms with E-state index in [0.29, 0.717) is 34.6 Å². The molecule has 1 aliphatic heterocycles. The number of ether oxygens (including phenoxy) is 1. The van der Waals surface area contributed by atoms with Gasteiger partial charge in [0, 0.05) is 41.9 Å². The first-order valence-corrected chi connectivity index (χ1v) is 9.85. The predicted molar refractivity (Wildman–Crippen MR) is 114 cm³/mol. The Morgan fingerprint density at radius 2 is 2.07 bits per heavy atom. The third kappa shape index (κ3) is 4.16. The van der Waals surface area contributed by atoms with Gasteiger partial charge in [-0.05, 0) is 43.2 Å². The number of hydrogen-bond donors (Lipinski definition) is 1. The van der Waals surface area contributed by atoms with E-state index >= 15 is 0 Å². The lowest BCUT2D eigenvalue weighted by Gasteiger charge is -2.17. The molecule has 2 amide bonds. The number of nitrogens with zero attached hydrogens (tertiary/aromatic N) is 1. The molecule has 1 N–H and O–H groups in total. The number of hydrogen-bond acceptors (Lipinski definition) is 5. The Morgan fingerprint density at radius 1 is 1.23 bits per heavy atom. The highest BCUT2D eigenvalue weighted by atomic mass is 35.5. The van der Waals surface area contributed by atoms with Crippen LogP contribution in [-0.2, 0) is 9.59 Å². The first-order chi connectivity index (χ1) is 14.4. The van der Waals surface area contributed by atoms with Crippen molar-refractivity contribution in [2.24, 2.45) is 0 Å². The Kier molecular flexibility index (Phi) is 5.46. The fourth-order valence-electron chi connectivity index (χ4n) is 3.44. The van der Waals surface area contributed by atoms with Crippen molar-refractivity contribution in [3.05, 3.63) is 63.5 Å². The highest BCUT2D eigenvalue weighted by Crippen LogP contribution is 2.31. The predicted octanol–water partition coefficient (Wildman–Crippen LogP) is 3.90. The maximum atomic E-state index is 12.3. The van der Waals surface area contributed by atoms with Gasteiger partial charge in [-0.2, -0.15) is 0 Å². The summed E-state index contributed by atoms with van der Waals surface area (Å²) in [7, 11) is 0. The Hall–Kier alpha value is -3.32. The van der Waals surface area contributed by atoms with Crippen LogP contribution in [-0.4, -0.2) is 25.0 Å². The Bertz CT molecular complexity index is 1200. The largest absolute Gasteiger partial charge is 0.482 e. The number of carbonyl (C=O) groups is 2. The van der Waals surface area contributed by atoms with Gasteiger partial charge >= 0.3 is 5.63 Å². The molecule has 1 saturated heterocycles. The second kappa shape index (κ2) is 8.20. The summed E-state index contributed by atoms with van der Waals surface area (Å²) < 4.78 is 10.7. The zero-order valence-electron chi connectivity index (χ0n) is 16.2. The van der Waals surface area contributed by atoms with Crippen LogP contribution in [0.25, 0.3) is 11.0 Å². The van der Waals surface area contributed by atoms with E-state index in [2.05, 4.69) is 5.32 Å². The van der Waals surface area contributed by atoms with Crippen molar-refractivity contribution in [2.45, 2.75) is 19.8 Å². The molecule has 0 radical (unpaired) electrons. The maximum absolute atomic E-state index is 12.3. The Balaban J connectivity index is 1.45. The second-order valence-corrected chi connectivity index (χ2v) is 7.47. The number of aryl methyl sites for hydroxylation is 1. The molecular formula is C22H19ClN2O5. The van der Waals surface area contributed by atoms with E-state index in [1.807, 2.05) is 6.07 Å². The van der Waals surface area contributed by atoms with E-state index in [1.54, 1.807) is 36.1 Å². The highest BCUT2D eigenvalue weighted by molar-refractivity contribution is 6.32. The van der Waals surface area contributed by atoms with Gasteiger partial charge < -0.3 is 19.4 Å². The van der Waals surface area contributed by atoms with Crippen molar-refractivity contribution >= 4 is 45.8 Å². The number of rotatable bonds is 5. The molecule has 2 heterocycles. The van der Waals surface area contributed by atoms with E-state index < -0.39 is 5.63 Å². The Labute approximate surface area is 177 Å². The van der Waals surface area contributed by atoms with Crippen molar-refractivity contribution in [3.63, 3.8) is 0 Å². The molecule has 0 unspecified atom stereocenters. The van der Waals surface area contributed by atoms with Crippen molar-refractivity contribution in [1.29, 1.82) is 0 Å². The lowest BCUT2D eigenvalue weighted by Crippen LogP contribution is -2.24. The average molecular weight is 427 g/mol. The summed E-state index contributed by atoms with van der Waals surface area (Å²) in [5.74, 6) is -0.0686. The van der Waals surface area contributed by atoms with Crippen LogP contribution < -0.4 is 20.6 Å². The third-order valence-corrected chi connectivity index (χ3v) is 5.17. The van der Waals surface area contributed by atoms with Crippen LogP contribution in [0.5, 0.6) is 5.75 Å². The first-order valence-electron chi connectivity index (χ1n) is 9.48. The van der Waals surface area contributed by atoms with E-state index in [0.717, 1.165) is 17.7 Å².